The number of nitrogens with one attached hydrogen (secondary N) is 1. The highest BCUT2D eigenvalue weighted by atomic mass is 16.5. The SMILES string of the molecule is COCCCNC(=O)c1cccnc1-c1ccccn1. The summed E-state index contributed by atoms with van der Waals surface area (Å²) in [6.45, 7) is 1.20. The van der Waals surface area contributed by atoms with Gasteiger partial charge >= 0.3 is 0 Å². The first kappa shape index (κ1) is 14.1. The Bertz CT molecular complexity index is 558. The summed E-state index contributed by atoms with van der Waals surface area (Å²) in [6.07, 6.45) is 4.12. The zero-order valence-corrected chi connectivity index (χ0v) is 11.4. The Morgan fingerprint density at radius 3 is 2.80 bits per heavy atom. The molecule has 0 aliphatic carbocycles. The molecule has 2 aromatic rings. The van der Waals surface area contributed by atoms with Crippen molar-refractivity contribution in [2.24, 2.45) is 0 Å². The summed E-state index contributed by atoms with van der Waals surface area (Å²) in [5, 5.41) is 2.86. The van der Waals surface area contributed by atoms with Crippen LogP contribution in [0.1, 0.15) is 16.8 Å². The standard InChI is InChI=1S/C15H17N3O2/c1-20-11-5-10-18-15(19)12-6-4-9-17-14(12)13-7-2-3-8-16-13/h2-4,6-9H,5,10-11H2,1H3,(H,18,19). The summed E-state index contributed by atoms with van der Waals surface area (Å²) in [5.41, 5.74) is 1.82. The molecule has 0 fully saturated rings. The molecule has 0 spiro atoms. The molecule has 2 rings (SSSR count). The molecule has 0 saturated heterocycles. The minimum absolute atomic E-state index is 0.144. The third-order valence-corrected chi connectivity index (χ3v) is 2.77. The van der Waals surface area contributed by atoms with Crippen LogP contribution in [-0.2, 0) is 4.74 Å². The fourth-order valence-corrected chi connectivity index (χ4v) is 1.81. The number of pyridine rings is 2. The van der Waals surface area contributed by atoms with E-state index in [2.05, 4.69) is 15.3 Å². The Morgan fingerprint density at radius 2 is 2.05 bits per heavy atom. The molecule has 0 radical (unpaired) electrons. The van der Waals surface area contributed by atoms with E-state index in [1.54, 1.807) is 31.6 Å². The number of aromatic nitrogens is 2. The van der Waals surface area contributed by atoms with Gasteiger partial charge in [0, 0.05) is 32.7 Å². The van der Waals surface area contributed by atoms with Crippen molar-refractivity contribution >= 4 is 5.91 Å². The average molecular weight is 271 g/mol. The van der Waals surface area contributed by atoms with Gasteiger partial charge in [0.05, 0.1) is 11.3 Å². The van der Waals surface area contributed by atoms with Crippen molar-refractivity contribution in [1.29, 1.82) is 0 Å². The fraction of sp³-hybridized carbons (Fsp3) is 0.267. The second-order valence-electron chi connectivity index (χ2n) is 4.22. The molecule has 0 aromatic carbocycles. The number of methoxy groups -OCH3 is 1. The Labute approximate surface area is 118 Å². The first-order valence-corrected chi connectivity index (χ1v) is 6.46. The van der Waals surface area contributed by atoms with Gasteiger partial charge in [0.15, 0.2) is 0 Å². The largest absolute Gasteiger partial charge is 0.385 e. The first-order chi connectivity index (χ1) is 9.83. The van der Waals surface area contributed by atoms with Crippen LogP contribution in [0.2, 0.25) is 0 Å². The van der Waals surface area contributed by atoms with Crippen molar-refractivity contribution in [3.63, 3.8) is 0 Å². The predicted octanol–water partition coefficient (Wildman–Crippen LogP) is 1.91. The highest BCUT2D eigenvalue weighted by molar-refractivity contribution is 5.99. The second-order valence-corrected chi connectivity index (χ2v) is 4.22. The van der Waals surface area contributed by atoms with Gasteiger partial charge in [-0.2, -0.15) is 0 Å². The molecule has 2 heterocycles. The van der Waals surface area contributed by atoms with E-state index in [4.69, 9.17) is 4.74 Å². The summed E-state index contributed by atoms with van der Waals surface area (Å²) < 4.78 is 4.95. The zero-order chi connectivity index (χ0) is 14.2. The van der Waals surface area contributed by atoms with E-state index in [1.165, 1.54) is 0 Å². The van der Waals surface area contributed by atoms with Gasteiger partial charge in [0.1, 0.15) is 5.69 Å². The summed E-state index contributed by atoms with van der Waals surface area (Å²) in [7, 11) is 1.64. The van der Waals surface area contributed by atoms with E-state index < -0.39 is 0 Å². The Balaban J connectivity index is 2.14. The highest BCUT2D eigenvalue weighted by Crippen LogP contribution is 2.18. The predicted molar refractivity (Wildman–Crippen MR) is 76.3 cm³/mol. The van der Waals surface area contributed by atoms with Gasteiger partial charge in [-0.25, -0.2) is 0 Å². The molecule has 2 aromatic heterocycles. The van der Waals surface area contributed by atoms with Crippen LogP contribution in [0, 0.1) is 0 Å². The van der Waals surface area contributed by atoms with Crippen LogP contribution in [0.25, 0.3) is 11.4 Å². The van der Waals surface area contributed by atoms with Crippen LogP contribution >= 0.6 is 0 Å². The Hall–Kier alpha value is -2.27. The third kappa shape index (κ3) is 3.61. The van der Waals surface area contributed by atoms with Crippen molar-refractivity contribution < 1.29 is 9.53 Å². The molecular formula is C15H17N3O2. The molecule has 20 heavy (non-hydrogen) atoms. The van der Waals surface area contributed by atoms with Gasteiger partial charge in [0.2, 0.25) is 0 Å². The molecule has 0 unspecified atom stereocenters. The molecule has 0 aliphatic heterocycles. The highest BCUT2D eigenvalue weighted by Gasteiger charge is 2.13. The summed E-state index contributed by atoms with van der Waals surface area (Å²) in [6, 6.07) is 9.04. The number of hydrogen-bond donors (Lipinski definition) is 1. The summed E-state index contributed by atoms with van der Waals surface area (Å²) >= 11 is 0. The van der Waals surface area contributed by atoms with Gasteiger partial charge in [-0.15, -0.1) is 0 Å². The molecule has 104 valence electrons. The van der Waals surface area contributed by atoms with E-state index >= 15 is 0 Å². The monoisotopic (exact) mass is 271 g/mol. The quantitative estimate of drug-likeness (QED) is 0.815. The molecule has 5 heteroatoms. The Kier molecular flexibility index (Phi) is 5.20. The van der Waals surface area contributed by atoms with Gasteiger partial charge in [-0.05, 0) is 30.7 Å². The second kappa shape index (κ2) is 7.35. The van der Waals surface area contributed by atoms with Crippen LogP contribution in [-0.4, -0.2) is 36.1 Å². The number of ether oxygens (including phenoxy) is 1. The first-order valence-electron chi connectivity index (χ1n) is 6.46. The van der Waals surface area contributed by atoms with Crippen LogP contribution in [0.3, 0.4) is 0 Å². The van der Waals surface area contributed by atoms with Gasteiger partial charge < -0.3 is 10.1 Å². The normalized spacial score (nSPS) is 10.2. The van der Waals surface area contributed by atoms with Gasteiger partial charge in [-0.1, -0.05) is 6.07 Å². The van der Waals surface area contributed by atoms with Gasteiger partial charge in [-0.3, -0.25) is 14.8 Å². The van der Waals surface area contributed by atoms with Crippen molar-refractivity contribution in [3.05, 3.63) is 48.3 Å². The van der Waals surface area contributed by atoms with Crippen LogP contribution in [0.5, 0.6) is 0 Å². The number of hydrogen-bond acceptors (Lipinski definition) is 4. The molecular weight excluding hydrogens is 254 g/mol. The van der Waals surface area contributed by atoms with E-state index in [0.29, 0.717) is 30.1 Å². The smallest absolute Gasteiger partial charge is 0.253 e. The number of carbonyl (C=O) groups is 1. The fourth-order valence-electron chi connectivity index (χ4n) is 1.81. The van der Waals surface area contributed by atoms with E-state index in [0.717, 1.165) is 6.42 Å². The molecule has 1 N–H and O–H groups in total. The van der Waals surface area contributed by atoms with Crippen molar-refractivity contribution in [1.82, 2.24) is 15.3 Å². The lowest BCUT2D eigenvalue weighted by Crippen LogP contribution is -2.26. The van der Waals surface area contributed by atoms with Crippen molar-refractivity contribution in [3.8, 4) is 11.4 Å². The lowest BCUT2D eigenvalue weighted by atomic mass is 10.1. The van der Waals surface area contributed by atoms with Crippen LogP contribution in [0.4, 0.5) is 0 Å². The molecule has 0 bridgehead atoms. The lowest BCUT2D eigenvalue weighted by molar-refractivity contribution is 0.0949. The average Bonchev–Trinajstić information content (AvgIpc) is 2.52. The minimum atomic E-state index is -0.144. The van der Waals surface area contributed by atoms with Crippen molar-refractivity contribution in [2.75, 3.05) is 20.3 Å². The molecule has 1 amide bonds. The molecule has 0 saturated carbocycles. The maximum atomic E-state index is 12.2. The van der Waals surface area contributed by atoms with E-state index in [1.807, 2.05) is 18.2 Å². The summed E-state index contributed by atoms with van der Waals surface area (Å²) in [5.74, 6) is -0.144. The van der Waals surface area contributed by atoms with Crippen molar-refractivity contribution in [2.45, 2.75) is 6.42 Å². The minimum Gasteiger partial charge on any atom is -0.385 e. The molecule has 5 nitrogen and oxygen atoms in total. The van der Waals surface area contributed by atoms with Crippen LogP contribution < -0.4 is 5.32 Å². The third-order valence-electron chi connectivity index (χ3n) is 2.77. The van der Waals surface area contributed by atoms with Crippen LogP contribution in [0.15, 0.2) is 42.7 Å². The number of nitrogens with zero attached hydrogens (tertiary/aromatic N) is 2. The molecule has 0 aliphatic rings. The maximum absolute atomic E-state index is 12.2. The van der Waals surface area contributed by atoms with Gasteiger partial charge in [0.25, 0.3) is 5.91 Å². The maximum Gasteiger partial charge on any atom is 0.253 e. The summed E-state index contributed by atoms with van der Waals surface area (Å²) in [4.78, 5) is 20.7. The number of amides is 1. The zero-order valence-electron chi connectivity index (χ0n) is 11.4. The van der Waals surface area contributed by atoms with E-state index in [-0.39, 0.29) is 5.91 Å². The number of carbonyl (C=O) groups excluding carboxylic acids is 1. The van der Waals surface area contributed by atoms with E-state index in [9.17, 15) is 4.79 Å². The topological polar surface area (TPSA) is 64.1 Å². The Morgan fingerprint density at radius 1 is 1.20 bits per heavy atom. The number of rotatable bonds is 6. The lowest BCUT2D eigenvalue weighted by Gasteiger charge is -2.08. The molecule has 0 atom stereocenters.